The minimum atomic E-state index is -4.31. The van der Waals surface area contributed by atoms with Gasteiger partial charge < -0.3 is 4.55 Å². The molecular weight excluding hydrogens is 260 g/mol. The first-order valence-electron chi connectivity index (χ1n) is 3.83. The summed E-state index contributed by atoms with van der Waals surface area (Å²) in [7, 11) is -4.31. The van der Waals surface area contributed by atoms with Crippen molar-refractivity contribution in [2.24, 2.45) is 0 Å². The second kappa shape index (κ2) is 6.91. The molecule has 0 aromatic carbocycles. The normalized spacial score (nSPS) is 12.7. The van der Waals surface area contributed by atoms with Gasteiger partial charge in [0.25, 0.3) is 0 Å². The average molecular weight is 272 g/mol. The van der Waals surface area contributed by atoms with Gasteiger partial charge in [0.2, 0.25) is 0 Å². The van der Waals surface area contributed by atoms with E-state index in [4.69, 9.17) is 23.6 Å². The first-order valence-corrected chi connectivity index (χ1v) is 6.08. The summed E-state index contributed by atoms with van der Waals surface area (Å²) in [5.74, 6) is -0.569. The van der Waals surface area contributed by atoms with Crippen LogP contribution in [0.4, 0.5) is 0 Å². The van der Waals surface area contributed by atoms with Gasteiger partial charge in [0.05, 0.1) is 21.4 Å². The number of hydrogen-bond donors (Lipinski definition) is 0. The van der Waals surface area contributed by atoms with Crippen LogP contribution in [-0.2, 0) is 10.1 Å². The van der Waals surface area contributed by atoms with E-state index in [0.717, 1.165) is 3.94 Å². The van der Waals surface area contributed by atoms with E-state index in [1.807, 2.05) is 0 Å². The summed E-state index contributed by atoms with van der Waals surface area (Å²) in [6.45, 7) is 3.46. The maximum Gasteiger partial charge on any atom is 1.00 e. The molecule has 14 heavy (non-hydrogen) atoms. The van der Waals surface area contributed by atoms with Crippen molar-refractivity contribution in [1.29, 1.82) is 0 Å². The van der Waals surface area contributed by atoms with Gasteiger partial charge in [-0.1, -0.05) is 13.8 Å². The largest absolute Gasteiger partial charge is 1.00 e. The third-order valence-electron chi connectivity index (χ3n) is 2.12. The molecule has 80 valence electrons. The van der Waals surface area contributed by atoms with Gasteiger partial charge in [-0.15, -0.1) is 3.94 Å². The maximum absolute atomic E-state index is 10.6. The van der Waals surface area contributed by atoms with Crippen molar-refractivity contribution in [3.63, 3.8) is 0 Å². The van der Waals surface area contributed by atoms with Gasteiger partial charge in [0.1, 0.15) is 0 Å². The fourth-order valence-corrected chi connectivity index (χ4v) is 3.01. The average Bonchev–Trinajstić information content (AvgIpc) is 1.98. The molecule has 0 saturated carbocycles. The van der Waals surface area contributed by atoms with Crippen LogP contribution in [0.1, 0.15) is 26.7 Å². The summed E-state index contributed by atoms with van der Waals surface area (Å²) in [5.41, 5.74) is -0.969. The van der Waals surface area contributed by atoms with Gasteiger partial charge in [0.15, 0.2) is 0 Å². The van der Waals surface area contributed by atoms with E-state index in [2.05, 4.69) is 0 Å². The summed E-state index contributed by atoms with van der Waals surface area (Å²) >= 11 is 11.0. The molecule has 0 aliphatic carbocycles. The zero-order valence-corrected chi connectivity index (χ0v) is 12.8. The SMILES string of the molecule is CCC(CC)(CS(=O)(=O)[O-])N(Cl)Cl.[Na+]. The van der Waals surface area contributed by atoms with Crippen LogP contribution < -0.4 is 29.6 Å². The van der Waals surface area contributed by atoms with Crippen LogP contribution in [0, 0.1) is 0 Å². The number of rotatable bonds is 5. The molecule has 0 unspecified atom stereocenters. The number of hydrogen-bond acceptors (Lipinski definition) is 4. The van der Waals surface area contributed by atoms with E-state index in [-0.39, 0.29) is 29.6 Å². The van der Waals surface area contributed by atoms with E-state index in [1.165, 1.54) is 0 Å². The zero-order valence-electron chi connectivity index (χ0n) is 8.46. The fraction of sp³-hybridized carbons (Fsp3) is 1.00. The molecular formula is C6H12Cl2NNaO3S. The van der Waals surface area contributed by atoms with Gasteiger partial charge in [-0.3, -0.25) is 0 Å². The Morgan fingerprint density at radius 1 is 1.29 bits per heavy atom. The van der Waals surface area contributed by atoms with Crippen molar-refractivity contribution in [2.45, 2.75) is 32.2 Å². The summed E-state index contributed by atoms with van der Waals surface area (Å²) in [6, 6.07) is 0. The Hall–Kier alpha value is 1.45. The minimum Gasteiger partial charge on any atom is -0.748 e. The van der Waals surface area contributed by atoms with Crippen LogP contribution in [0.3, 0.4) is 0 Å². The van der Waals surface area contributed by atoms with Crippen molar-refractivity contribution in [2.75, 3.05) is 5.75 Å². The third kappa shape index (κ3) is 5.51. The molecule has 8 heteroatoms. The standard InChI is InChI=1S/C6H13Cl2NO3S.Na/c1-3-6(4-2,9(7)8)5-13(10,11)12;/h3-5H2,1-2H3,(H,10,11,12);/q;+1/p-1. The molecule has 0 bridgehead atoms. The Bertz CT molecular complexity index is 254. The maximum atomic E-state index is 10.6. The summed E-state index contributed by atoms with van der Waals surface area (Å²) in [6.07, 6.45) is 0.802. The monoisotopic (exact) mass is 271 g/mol. The number of halogens is 2. The summed E-state index contributed by atoms with van der Waals surface area (Å²) < 4.78 is 32.5. The Balaban J connectivity index is 0. The van der Waals surface area contributed by atoms with Crippen molar-refractivity contribution in [3.8, 4) is 0 Å². The van der Waals surface area contributed by atoms with E-state index in [1.54, 1.807) is 13.8 Å². The van der Waals surface area contributed by atoms with E-state index in [9.17, 15) is 13.0 Å². The Labute approximate surface area is 117 Å². The number of nitrogens with zero attached hydrogens (tertiary/aromatic N) is 1. The topological polar surface area (TPSA) is 60.4 Å². The van der Waals surface area contributed by atoms with E-state index >= 15 is 0 Å². The van der Waals surface area contributed by atoms with Gasteiger partial charge in [-0.25, -0.2) is 8.42 Å². The molecule has 0 radical (unpaired) electrons. The van der Waals surface area contributed by atoms with Gasteiger partial charge in [-0.05, 0) is 36.4 Å². The van der Waals surface area contributed by atoms with Crippen LogP contribution in [0.2, 0.25) is 0 Å². The van der Waals surface area contributed by atoms with Gasteiger partial charge in [-0.2, -0.15) is 0 Å². The van der Waals surface area contributed by atoms with Crippen LogP contribution in [0.5, 0.6) is 0 Å². The molecule has 0 aromatic rings. The van der Waals surface area contributed by atoms with Crippen molar-refractivity contribution < 1.29 is 42.5 Å². The predicted molar refractivity (Wildman–Crippen MR) is 51.4 cm³/mol. The molecule has 4 nitrogen and oxygen atoms in total. The predicted octanol–water partition coefficient (Wildman–Crippen LogP) is -1.30. The first kappa shape index (κ1) is 17.8. The van der Waals surface area contributed by atoms with Gasteiger partial charge in [0, 0.05) is 0 Å². The van der Waals surface area contributed by atoms with Crippen LogP contribution in [-0.4, -0.2) is 28.2 Å². The Morgan fingerprint density at radius 3 is 1.71 bits per heavy atom. The van der Waals surface area contributed by atoms with Gasteiger partial charge >= 0.3 is 29.6 Å². The zero-order chi connectivity index (χ0) is 10.7. The molecule has 0 heterocycles. The van der Waals surface area contributed by atoms with Crippen LogP contribution in [0.25, 0.3) is 0 Å². The quantitative estimate of drug-likeness (QED) is 0.355. The Morgan fingerprint density at radius 2 is 1.64 bits per heavy atom. The van der Waals surface area contributed by atoms with Crippen molar-refractivity contribution in [3.05, 3.63) is 0 Å². The molecule has 0 aromatic heterocycles. The molecule has 0 aliphatic heterocycles. The summed E-state index contributed by atoms with van der Waals surface area (Å²) in [5, 5.41) is 0. The van der Waals surface area contributed by atoms with Crippen molar-refractivity contribution in [1.82, 2.24) is 3.94 Å². The molecule has 0 fully saturated rings. The molecule has 0 N–H and O–H groups in total. The van der Waals surface area contributed by atoms with Crippen molar-refractivity contribution >= 4 is 33.7 Å². The minimum absolute atomic E-state index is 0. The first-order chi connectivity index (χ1) is 5.77. The van der Waals surface area contributed by atoms with E-state index < -0.39 is 21.4 Å². The van der Waals surface area contributed by atoms with E-state index in [0.29, 0.717) is 12.8 Å². The molecule has 0 amide bonds. The molecule has 0 aliphatic rings. The van der Waals surface area contributed by atoms with Crippen LogP contribution in [0.15, 0.2) is 0 Å². The molecule has 0 saturated heterocycles. The van der Waals surface area contributed by atoms with Crippen LogP contribution >= 0.6 is 23.6 Å². The molecule has 0 atom stereocenters. The third-order valence-corrected chi connectivity index (χ3v) is 3.73. The Kier molecular flexibility index (Phi) is 8.80. The molecule has 0 spiro atoms. The smallest absolute Gasteiger partial charge is 0.748 e. The second-order valence-electron chi connectivity index (χ2n) is 2.87. The summed E-state index contributed by atoms with van der Waals surface area (Å²) in [4.78, 5) is 0. The second-order valence-corrected chi connectivity index (χ2v) is 5.12. The fourth-order valence-electron chi connectivity index (χ4n) is 1.07. The molecule has 0 rings (SSSR count).